The van der Waals surface area contributed by atoms with Gasteiger partial charge >= 0.3 is 0 Å². The minimum absolute atomic E-state index is 0.0810. The maximum atomic E-state index is 12.7. The van der Waals surface area contributed by atoms with E-state index in [1.807, 2.05) is 55.5 Å². The van der Waals surface area contributed by atoms with Crippen LogP contribution in [-0.4, -0.2) is 20.7 Å². The molecule has 1 aromatic heterocycles. The zero-order valence-electron chi connectivity index (χ0n) is 18.2. The predicted molar refractivity (Wildman–Crippen MR) is 133 cm³/mol. The number of hydrogen-bond acceptors (Lipinski definition) is 4. The van der Waals surface area contributed by atoms with E-state index >= 15 is 0 Å². The number of aromatic nitrogens is 3. The highest BCUT2D eigenvalue weighted by Gasteiger charge is 2.13. The highest BCUT2D eigenvalue weighted by atomic mass is 32.2. The normalized spacial score (nSPS) is 10.8. The van der Waals surface area contributed by atoms with Crippen molar-refractivity contribution < 1.29 is 4.79 Å². The number of benzene rings is 3. The van der Waals surface area contributed by atoms with Gasteiger partial charge in [0.05, 0.1) is 0 Å². The zero-order valence-corrected chi connectivity index (χ0v) is 19.8. The Kier molecular flexibility index (Phi) is 6.58. The lowest BCUT2D eigenvalue weighted by Gasteiger charge is -2.10. The van der Waals surface area contributed by atoms with Gasteiger partial charge in [0.1, 0.15) is 6.54 Å². The lowest BCUT2D eigenvalue weighted by atomic mass is 10.1. The average molecular weight is 461 g/mol. The van der Waals surface area contributed by atoms with E-state index in [-0.39, 0.29) is 12.5 Å². The molecule has 7 heteroatoms. The van der Waals surface area contributed by atoms with Gasteiger partial charge in [-0.3, -0.25) is 14.5 Å². The van der Waals surface area contributed by atoms with Crippen LogP contribution in [-0.2, 0) is 11.3 Å². The van der Waals surface area contributed by atoms with Crippen LogP contribution in [0.15, 0.2) is 76.5 Å². The Hall–Kier alpha value is -3.16. The first kappa shape index (κ1) is 22.0. The third-order valence-corrected chi connectivity index (χ3v) is 6.53. The Balaban J connectivity index is 1.44. The second kappa shape index (κ2) is 9.54. The van der Waals surface area contributed by atoms with Crippen molar-refractivity contribution in [1.29, 1.82) is 0 Å². The lowest BCUT2D eigenvalue weighted by Crippen LogP contribution is -2.19. The van der Waals surface area contributed by atoms with Gasteiger partial charge in [0.15, 0.2) is 10.6 Å². The maximum Gasteiger partial charge on any atom is 0.244 e. The Morgan fingerprint density at radius 3 is 2.50 bits per heavy atom. The number of nitrogens with zero attached hydrogens (tertiary/aromatic N) is 2. The molecule has 2 N–H and O–H groups in total. The monoisotopic (exact) mass is 460 g/mol. The molecule has 162 valence electrons. The van der Waals surface area contributed by atoms with E-state index < -0.39 is 0 Å². The van der Waals surface area contributed by atoms with Crippen molar-refractivity contribution >= 4 is 35.6 Å². The van der Waals surface area contributed by atoms with Crippen LogP contribution in [0, 0.1) is 25.5 Å². The summed E-state index contributed by atoms with van der Waals surface area (Å²) in [5, 5.41) is 10.1. The van der Waals surface area contributed by atoms with E-state index in [2.05, 4.69) is 47.6 Å². The molecule has 0 spiro atoms. The van der Waals surface area contributed by atoms with Gasteiger partial charge in [-0.15, -0.1) is 0 Å². The van der Waals surface area contributed by atoms with Gasteiger partial charge in [0.25, 0.3) is 0 Å². The molecule has 0 atom stereocenters. The van der Waals surface area contributed by atoms with Crippen LogP contribution in [0.1, 0.15) is 16.7 Å². The molecule has 0 saturated carbocycles. The van der Waals surface area contributed by atoms with Gasteiger partial charge in [-0.2, -0.15) is 5.10 Å². The molecule has 0 bridgehead atoms. The third kappa shape index (κ3) is 5.18. The molecule has 0 saturated heterocycles. The SMILES string of the molecule is Cc1cccc(-c2n[nH]c(=S)n2CC(=O)Nc2ccc(Sc3ccc(C)cc3C)cc2)c1. The number of amides is 1. The molecule has 0 aliphatic carbocycles. The number of hydrogen-bond donors (Lipinski definition) is 2. The van der Waals surface area contributed by atoms with E-state index in [4.69, 9.17) is 12.2 Å². The van der Waals surface area contributed by atoms with Gasteiger partial charge in [0.2, 0.25) is 5.91 Å². The minimum atomic E-state index is -0.161. The fourth-order valence-electron chi connectivity index (χ4n) is 3.46. The van der Waals surface area contributed by atoms with Crippen LogP contribution in [0.25, 0.3) is 11.4 Å². The largest absolute Gasteiger partial charge is 0.325 e. The fraction of sp³-hybridized carbons (Fsp3) is 0.160. The second-order valence-corrected chi connectivity index (χ2v) is 9.25. The Morgan fingerprint density at radius 1 is 1.03 bits per heavy atom. The highest BCUT2D eigenvalue weighted by molar-refractivity contribution is 7.99. The molecule has 0 aliphatic rings. The van der Waals surface area contributed by atoms with E-state index in [0.29, 0.717) is 10.6 Å². The van der Waals surface area contributed by atoms with Crippen molar-refractivity contribution in [2.75, 3.05) is 5.32 Å². The molecule has 1 heterocycles. The molecule has 0 unspecified atom stereocenters. The number of aryl methyl sites for hydroxylation is 3. The van der Waals surface area contributed by atoms with Crippen molar-refractivity contribution in [3.8, 4) is 11.4 Å². The zero-order chi connectivity index (χ0) is 22.7. The first-order chi connectivity index (χ1) is 15.4. The third-order valence-electron chi connectivity index (χ3n) is 5.03. The standard InChI is InChI=1S/C25H24N4OS2/c1-16-5-4-6-19(14-16)24-27-28-25(31)29(24)15-23(30)26-20-8-10-21(11-9-20)32-22-12-7-17(2)13-18(22)3/h4-14H,15H2,1-3H3,(H,26,30)(H,28,31). The summed E-state index contributed by atoms with van der Waals surface area (Å²) in [6.07, 6.45) is 0. The van der Waals surface area contributed by atoms with Crippen molar-refractivity contribution in [3.05, 3.63) is 88.2 Å². The number of aromatic amines is 1. The summed E-state index contributed by atoms with van der Waals surface area (Å²) < 4.78 is 2.13. The van der Waals surface area contributed by atoms with Crippen molar-refractivity contribution in [3.63, 3.8) is 0 Å². The van der Waals surface area contributed by atoms with E-state index in [0.717, 1.165) is 21.7 Å². The Labute approximate surface area is 196 Å². The molecular weight excluding hydrogens is 436 g/mol. The van der Waals surface area contributed by atoms with Gasteiger partial charge in [-0.25, -0.2) is 0 Å². The maximum absolute atomic E-state index is 12.7. The van der Waals surface area contributed by atoms with Crippen LogP contribution in [0.4, 0.5) is 5.69 Å². The Bertz CT molecular complexity index is 1320. The van der Waals surface area contributed by atoms with Gasteiger partial charge in [-0.05, 0) is 75.0 Å². The fourth-order valence-corrected chi connectivity index (χ4v) is 4.54. The van der Waals surface area contributed by atoms with E-state index in [1.54, 1.807) is 16.3 Å². The number of nitrogens with one attached hydrogen (secondary N) is 2. The van der Waals surface area contributed by atoms with Crippen LogP contribution in [0.3, 0.4) is 0 Å². The molecule has 3 aromatic carbocycles. The van der Waals surface area contributed by atoms with Crippen molar-refractivity contribution in [1.82, 2.24) is 14.8 Å². The molecule has 4 aromatic rings. The average Bonchev–Trinajstić information content (AvgIpc) is 3.11. The van der Waals surface area contributed by atoms with Crippen LogP contribution in [0.5, 0.6) is 0 Å². The van der Waals surface area contributed by atoms with Gasteiger partial charge in [-0.1, -0.05) is 53.2 Å². The molecule has 0 aliphatic heterocycles. The summed E-state index contributed by atoms with van der Waals surface area (Å²) in [5.41, 5.74) is 5.29. The van der Waals surface area contributed by atoms with Crippen LogP contribution < -0.4 is 5.32 Å². The molecule has 0 radical (unpaired) electrons. The van der Waals surface area contributed by atoms with Gasteiger partial charge in [0, 0.05) is 21.0 Å². The predicted octanol–water partition coefficient (Wildman–Crippen LogP) is 6.32. The number of rotatable bonds is 6. The molecule has 32 heavy (non-hydrogen) atoms. The van der Waals surface area contributed by atoms with Crippen LogP contribution in [0.2, 0.25) is 0 Å². The topological polar surface area (TPSA) is 62.7 Å². The Morgan fingerprint density at radius 2 is 1.78 bits per heavy atom. The highest BCUT2D eigenvalue weighted by Crippen LogP contribution is 2.31. The van der Waals surface area contributed by atoms with Crippen molar-refractivity contribution in [2.24, 2.45) is 0 Å². The molecule has 0 fully saturated rings. The summed E-state index contributed by atoms with van der Waals surface area (Å²) in [4.78, 5) is 15.1. The number of carbonyl (C=O) groups excluding carboxylic acids is 1. The summed E-state index contributed by atoms with van der Waals surface area (Å²) >= 11 is 7.06. The molecule has 1 amide bonds. The number of carbonyl (C=O) groups is 1. The van der Waals surface area contributed by atoms with E-state index in [1.165, 1.54) is 16.0 Å². The van der Waals surface area contributed by atoms with Crippen LogP contribution >= 0.6 is 24.0 Å². The molecule has 5 nitrogen and oxygen atoms in total. The number of anilines is 1. The summed E-state index contributed by atoms with van der Waals surface area (Å²) in [6, 6.07) is 22.3. The molecular formula is C25H24N4OS2. The molecule has 4 rings (SSSR count). The summed E-state index contributed by atoms with van der Waals surface area (Å²) in [6.45, 7) is 6.32. The number of H-pyrrole nitrogens is 1. The summed E-state index contributed by atoms with van der Waals surface area (Å²) in [7, 11) is 0. The van der Waals surface area contributed by atoms with Gasteiger partial charge < -0.3 is 5.32 Å². The van der Waals surface area contributed by atoms with E-state index in [9.17, 15) is 4.79 Å². The smallest absolute Gasteiger partial charge is 0.244 e. The quantitative estimate of drug-likeness (QED) is 0.330. The minimum Gasteiger partial charge on any atom is -0.325 e. The van der Waals surface area contributed by atoms with Crippen molar-refractivity contribution in [2.45, 2.75) is 37.1 Å². The summed E-state index contributed by atoms with van der Waals surface area (Å²) in [5.74, 6) is 0.486. The second-order valence-electron chi connectivity index (χ2n) is 7.75. The first-order valence-corrected chi connectivity index (χ1v) is 11.5. The first-order valence-electron chi connectivity index (χ1n) is 10.3. The lowest BCUT2D eigenvalue weighted by molar-refractivity contribution is -0.116.